The van der Waals surface area contributed by atoms with Crippen LogP contribution in [0.5, 0.6) is 0 Å². The molecule has 0 saturated heterocycles. The third-order valence-electron chi connectivity index (χ3n) is 5.12. The number of carbonyl (C=O) groups excluding carboxylic acids is 2. The number of carbonyl (C=O) groups is 2. The van der Waals surface area contributed by atoms with Crippen molar-refractivity contribution in [1.29, 1.82) is 0 Å². The lowest BCUT2D eigenvalue weighted by atomic mass is 10.1. The van der Waals surface area contributed by atoms with E-state index in [4.69, 9.17) is 9.15 Å². The fraction of sp³-hybridized carbons (Fsp3) is 0.259. The summed E-state index contributed by atoms with van der Waals surface area (Å²) in [6, 6.07) is 16.5. The number of ether oxygens (including phenoxy) is 1. The number of para-hydroxylation sites is 1. The molecule has 8 nitrogen and oxygen atoms in total. The Labute approximate surface area is 203 Å². The van der Waals surface area contributed by atoms with Gasteiger partial charge in [0, 0.05) is 41.8 Å². The van der Waals surface area contributed by atoms with Crippen LogP contribution in [-0.2, 0) is 22.5 Å². The molecule has 1 unspecified atom stereocenters. The van der Waals surface area contributed by atoms with E-state index in [1.165, 1.54) is 0 Å². The molecule has 180 valence electrons. The first-order chi connectivity index (χ1) is 16.8. The fourth-order valence-corrected chi connectivity index (χ4v) is 3.54. The Balaban J connectivity index is 1.41. The molecule has 0 fully saturated rings. The van der Waals surface area contributed by atoms with Crippen molar-refractivity contribution in [2.45, 2.75) is 45.4 Å². The van der Waals surface area contributed by atoms with Crippen molar-refractivity contribution < 1.29 is 18.7 Å². The van der Waals surface area contributed by atoms with Crippen molar-refractivity contribution >= 4 is 23.0 Å². The zero-order chi connectivity index (χ0) is 24.8. The topological polar surface area (TPSA) is 106 Å². The minimum Gasteiger partial charge on any atom is -0.459 e. The summed E-state index contributed by atoms with van der Waals surface area (Å²) in [7, 11) is 0. The van der Waals surface area contributed by atoms with Gasteiger partial charge in [-0.05, 0) is 50.6 Å². The quantitative estimate of drug-likeness (QED) is 0.404. The molecule has 1 aromatic carbocycles. The molecular weight excluding hydrogens is 444 g/mol. The average Bonchev–Trinajstić information content (AvgIpc) is 3.25. The monoisotopic (exact) mass is 472 g/mol. The van der Waals surface area contributed by atoms with E-state index in [0.717, 1.165) is 22.1 Å². The van der Waals surface area contributed by atoms with E-state index in [2.05, 4.69) is 20.6 Å². The number of pyridine rings is 2. The highest BCUT2D eigenvalue weighted by Gasteiger charge is 2.22. The van der Waals surface area contributed by atoms with Crippen LogP contribution in [0.25, 0.3) is 11.0 Å². The molecule has 0 aliphatic carbocycles. The van der Waals surface area contributed by atoms with E-state index in [1.54, 1.807) is 45.4 Å². The molecule has 1 atom stereocenters. The second-order valence-electron chi connectivity index (χ2n) is 9.16. The van der Waals surface area contributed by atoms with Gasteiger partial charge in [0.15, 0.2) is 0 Å². The van der Waals surface area contributed by atoms with Crippen LogP contribution in [0.1, 0.15) is 49.4 Å². The van der Waals surface area contributed by atoms with E-state index >= 15 is 0 Å². The smallest absolute Gasteiger partial charge is 0.407 e. The number of hydrogen-bond acceptors (Lipinski definition) is 6. The molecule has 2 N–H and O–H groups in total. The van der Waals surface area contributed by atoms with Gasteiger partial charge in [0.05, 0.1) is 6.42 Å². The Hall–Kier alpha value is -4.20. The van der Waals surface area contributed by atoms with Gasteiger partial charge < -0.3 is 19.8 Å². The molecular formula is C27H28N4O4. The standard InChI is InChI=1S/C27H28N4O4/c1-27(2,3)35-26(33)30-16-18-10-11-21(29-15-18)14-24(32)31-25(20-8-6-12-28-17-20)23-13-19-7-4-5-9-22(19)34-23/h4-13,15,17,25H,14,16H2,1-3H3,(H,30,33)(H,31,32). The molecule has 0 bridgehead atoms. The highest BCUT2D eigenvalue weighted by molar-refractivity contribution is 5.80. The predicted molar refractivity (Wildman–Crippen MR) is 131 cm³/mol. The van der Waals surface area contributed by atoms with Gasteiger partial charge in [-0.25, -0.2) is 4.79 Å². The first kappa shape index (κ1) is 23.9. The molecule has 8 heteroatoms. The van der Waals surface area contributed by atoms with Crippen LogP contribution < -0.4 is 10.6 Å². The molecule has 4 rings (SSSR count). The molecule has 4 aromatic rings. The first-order valence-electron chi connectivity index (χ1n) is 11.4. The summed E-state index contributed by atoms with van der Waals surface area (Å²) in [5.41, 5.74) is 2.42. The third kappa shape index (κ3) is 6.66. The molecule has 35 heavy (non-hydrogen) atoms. The van der Waals surface area contributed by atoms with Crippen molar-refractivity contribution in [2.24, 2.45) is 0 Å². The van der Waals surface area contributed by atoms with Crippen molar-refractivity contribution in [2.75, 3.05) is 0 Å². The van der Waals surface area contributed by atoms with Crippen LogP contribution in [0, 0.1) is 0 Å². The molecule has 2 amide bonds. The van der Waals surface area contributed by atoms with Gasteiger partial charge >= 0.3 is 6.09 Å². The second kappa shape index (κ2) is 10.4. The molecule has 0 radical (unpaired) electrons. The van der Waals surface area contributed by atoms with Crippen LogP contribution in [0.4, 0.5) is 4.79 Å². The maximum atomic E-state index is 12.9. The summed E-state index contributed by atoms with van der Waals surface area (Å²) in [6.07, 6.45) is 4.63. The first-order valence-corrected chi connectivity index (χ1v) is 11.4. The SMILES string of the molecule is CC(C)(C)OC(=O)NCc1ccc(CC(=O)NC(c2cccnc2)c2cc3ccccc3o2)nc1. The number of fused-ring (bicyclic) bond motifs is 1. The van der Waals surface area contributed by atoms with Crippen LogP contribution in [0.15, 0.2) is 77.6 Å². The van der Waals surface area contributed by atoms with Crippen molar-refractivity contribution in [3.05, 3.63) is 95.8 Å². The van der Waals surface area contributed by atoms with Crippen molar-refractivity contribution in [3.8, 4) is 0 Å². The zero-order valence-electron chi connectivity index (χ0n) is 19.9. The molecule has 3 heterocycles. The summed E-state index contributed by atoms with van der Waals surface area (Å²) in [5.74, 6) is 0.426. The molecule has 3 aromatic heterocycles. The average molecular weight is 473 g/mol. The van der Waals surface area contributed by atoms with Gasteiger partial charge in [0.25, 0.3) is 0 Å². The minimum absolute atomic E-state index is 0.0940. The summed E-state index contributed by atoms with van der Waals surface area (Å²) >= 11 is 0. The number of amides is 2. The number of benzene rings is 1. The number of rotatable bonds is 7. The second-order valence-corrected chi connectivity index (χ2v) is 9.16. The number of nitrogens with zero attached hydrogens (tertiary/aromatic N) is 2. The van der Waals surface area contributed by atoms with Crippen LogP contribution >= 0.6 is 0 Å². The van der Waals surface area contributed by atoms with Crippen LogP contribution in [-0.4, -0.2) is 27.6 Å². The van der Waals surface area contributed by atoms with Gasteiger partial charge in [0.1, 0.15) is 23.0 Å². The maximum absolute atomic E-state index is 12.9. The van der Waals surface area contributed by atoms with E-state index in [-0.39, 0.29) is 18.9 Å². The Morgan fingerprint density at radius 3 is 2.57 bits per heavy atom. The maximum Gasteiger partial charge on any atom is 0.407 e. The minimum atomic E-state index is -0.560. The summed E-state index contributed by atoms with van der Waals surface area (Å²) < 4.78 is 11.3. The summed E-state index contributed by atoms with van der Waals surface area (Å²) in [5, 5.41) is 6.70. The Bertz CT molecular complexity index is 1260. The highest BCUT2D eigenvalue weighted by atomic mass is 16.6. The fourth-order valence-electron chi connectivity index (χ4n) is 3.54. The van der Waals surface area contributed by atoms with Gasteiger partial charge in [-0.1, -0.05) is 30.3 Å². The van der Waals surface area contributed by atoms with Crippen LogP contribution in [0.2, 0.25) is 0 Å². The number of nitrogens with one attached hydrogen (secondary N) is 2. The number of aromatic nitrogens is 2. The van der Waals surface area contributed by atoms with Gasteiger partial charge in [-0.3, -0.25) is 14.8 Å². The lowest BCUT2D eigenvalue weighted by Gasteiger charge is -2.19. The lowest BCUT2D eigenvalue weighted by molar-refractivity contribution is -0.121. The Kier molecular flexibility index (Phi) is 7.10. The summed E-state index contributed by atoms with van der Waals surface area (Å²) in [6.45, 7) is 5.70. The predicted octanol–water partition coefficient (Wildman–Crippen LogP) is 4.70. The Morgan fingerprint density at radius 1 is 1.06 bits per heavy atom. The van der Waals surface area contributed by atoms with Crippen LogP contribution in [0.3, 0.4) is 0 Å². The molecule has 0 saturated carbocycles. The van der Waals surface area contributed by atoms with E-state index < -0.39 is 17.7 Å². The van der Waals surface area contributed by atoms with E-state index in [1.807, 2.05) is 48.5 Å². The van der Waals surface area contributed by atoms with Crippen molar-refractivity contribution in [3.63, 3.8) is 0 Å². The van der Waals surface area contributed by atoms with E-state index in [0.29, 0.717) is 11.5 Å². The normalized spacial score (nSPS) is 12.2. The number of hydrogen-bond donors (Lipinski definition) is 2. The number of alkyl carbamates (subject to hydrolysis) is 1. The summed E-state index contributed by atoms with van der Waals surface area (Å²) in [4.78, 5) is 33.3. The molecule has 0 spiro atoms. The molecule has 0 aliphatic rings. The third-order valence-corrected chi connectivity index (χ3v) is 5.12. The van der Waals surface area contributed by atoms with Gasteiger partial charge in [-0.15, -0.1) is 0 Å². The Morgan fingerprint density at radius 2 is 1.89 bits per heavy atom. The van der Waals surface area contributed by atoms with Gasteiger partial charge in [-0.2, -0.15) is 0 Å². The zero-order valence-corrected chi connectivity index (χ0v) is 19.9. The van der Waals surface area contributed by atoms with Crippen molar-refractivity contribution in [1.82, 2.24) is 20.6 Å². The lowest BCUT2D eigenvalue weighted by Crippen LogP contribution is -2.32. The highest BCUT2D eigenvalue weighted by Crippen LogP contribution is 2.28. The van der Waals surface area contributed by atoms with Gasteiger partial charge in [0.2, 0.25) is 5.91 Å². The molecule has 0 aliphatic heterocycles. The van der Waals surface area contributed by atoms with E-state index in [9.17, 15) is 9.59 Å². The largest absolute Gasteiger partial charge is 0.459 e. The number of furan rings is 1.